The van der Waals surface area contributed by atoms with E-state index in [4.69, 9.17) is 57.6 Å². The summed E-state index contributed by atoms with van der Waals surface area (Å²) in [7, 11) is 0. The van der Waals surface area contributed by atoms with Crippen molar-refractivity contribution in [2.24, 2.45) is 45.1 Å². The molecule has 0 unspecified atom stereocenters. The van der Waals surface area contributed by atoms with Gasteiger partial charge in [-0.25, -0.2) is 19.9 Å². The molecule has 0 aliphatic rings. The van der Waals surface area contributed by atoms with Crippen molar-refractivity contribution in [1.82, 2.24) is 30.6 Å². The zero-order valence-electron chi connectivity index (χ0n) is 47.8. The van der Waals surface area contributed by atoms with Gasteiger partial charge in [0.2, 0.25) is 0 Å². The minimum absolute atomic E-state index is 0.0235. The summed E-state index contributed by atoms with van der Waals surface area (Å²) in [6.45, 7) is 9.79. The summed E-state index contributed by atoms with van der Waals surface area (Å²) in [5.74, 6) is -0.125. The molecule has 0 saturated heterocycles. The summed E-state index contributed by atoms with van der Waals surface area (Å²) in [5.41, 5.74) is 41.0. The van der Waals surface area contributed by atoms with Crippen LogP contribution in [0, 0.1) is 23.7 Å². The Morgan fingerprint density at radius 3 is 1.12 bits per heavy atom. The van der Waals surface area contributed by atoms with E-state index in [9.17, 15) is 19.8 Å². The number of nitrogens with two attached hydrogens (primary N) is 6. The van der Waals surface area contributed by atoms with Crippen molar-refractivity contribution in [2.75, 3.05) is 36.0 Å². The molecule has 18 nitrogen and oxygen atoms in total. The Morgan fingerprint density at radius 2 is 0.793 bits per heavy atom. The fourth-order valence-electron chi connectivity index (χ4n) is 9.70. The molecule has 4 aromatic carbocycles. The largest absolute Gasteiger partial charge is 0.388 e. The Labute approximate surface area is 493 Å². The first-order valence-corrected chi connectivity index (χ1v) is 29.0. The van der Waals surface area contributed by atoms with Crippen LogP contribution in [-0.4, -0.2) is 67.0 Å². The normalized spacial score (nSPS) is 13.9. The monoisotopic (exact) mass is 1160 g/mol. The molecule has 6 aromatic rings. The number of anilines is 4. The Balaban J connectivity index is 0.000000301. The number of guanidine groups is 2. The number of unbranched alkanes of at least 4 members (excludes halogenated alkanes) is 2. The summed E-state index contributed by atoms with van der Waals surface area (Å²) < 4.78 is 0. The highest BCUT2D eigenvalue weighted by Crippen LogP contribution is 2.31. The minimum atomic E-state index is -0.649. The van der Waals surface area contributed by atoms with Crippen molar-refractivity contribution in [3.8, 4) is 0 Å². The number of aromatic nitrogens is 4. The molecule has 2 aromatic heterocycles. The van der Waals surface area contributed by atoms with E-state index in [1.165, 1.54) is 22.3 Å². The van der Waals surface area contributed by atoms with Gasteiger partial charge in [0.05, 0.1) is 12.2 Å². The molecule has 2 amide bonds. The van der Waals surface area contributed by atoms with Crippen LogP contribution in [0.1, 0.15) is 158 Å². The summed E-state index contributed by atoms with van der Waals surface area (Å²) in [6, 6.07) is 37.5. The number of nitrogens with zero attached hydrogens (tertiary/aromatic N) is 6. The molecule has 0 bridgehead atoms. The number of aliphatic hydroxyl groups is 2. The van der Waals surface area contributed by atoms with Crippen LogP contribution in [0.5, 0.6) is 0 Å². The molecule has 6 rings (SSSR count). The number of nitrogens with one attached hydrogen (secondary N) is 2. The van der Waals surface area contributed by atoms with Crippen LogP contribution in [0.15, 0.2) is 119 Å². The van der Waals surface area contributed by atoms with Crippen LogP contribution in [-0.2, 0) is 25.7 Å². The minimum Gasteiger partial charge on any atom is -0.388 e. The van der Waals surface area contributed by atoms with Crippen molar-refractivity contribution < 1.29 is 19.8 Å². The molecule has 16 N–H and O–H groups in total. The van der Waals surface area contributed by atoms with Crippen molar-refractivity contribution >= 4 is 70.2 Å². The fraction of sp³-hybridized carbons (Fsp3) is 0.419. The third-order valence-corrected chi connectivity index (χ3v) is 14.9. The van der Waals surface area contributed by atoms with Crippen molar-refractivity contribution in [3.63, 3.8) is 0 Å². The number of nitrogen functional groups attached to an aromatic ring is 4. The van der Waals surface area contributed by atoms with Crippen LogP contribution in [0.2, 0.25) is 10.3 Å². The SMILES string of the molecule is C[C@@H](CCCc1ccc(CCCCN=C(N)NC(=O)c2nc(Cl)c(N)nc2N)cc1)C[C@@H](C)[C@H](O)c1ccccc1.C[C@H](CCCc1ccc(CCCCN=C(N)NC(=O)c2nc(Cl)c(N)nc2N)cc1)C[C@@H](C)[C@H](O)c1ccccc1. The first-order chi connectivity index (χ1) is 39.3. The maximum absolute atomic E-state index is 12.3. The van der Waals surface area contributed by atoms with E-state index >= 15 is 0 Å². The van der Waals surface area contributed by atoms with Gasteiger partial charge >= 0.3 is 0 Å². The van der Waals surface area contributed by atoms with E-state index < -0.39 is 24.0 Å². The highest BCUT2D eigenvalue weighted by molar-refractivity contribution is 6.32. The number of carbonyl (C=O) groups is 2. The number of hydrogen-bond donors (Lipinski definition) is 10. The lowest BCUT2D eigenvalue weighted by atomic mass is 9.87. The van der Waals surface area contributed by atoms with Crippen LogP contribution in [0.3, 0.4) is 0 Å². The third kappa shape index (κ3) is 22.5. The lowest BCUT2D eigenvalue weighted by Crippen LogP contribution is -2.38. The number of aliphatic imine (C=N–C) groups is 2. The number of benzene rings is 4. The number of hydrogen-bond acceptors (Lipinski definition) is 14. The highest BCUT2D eigenvalue weighted by atomic mass is 35.5. The smallest absolute Gasteiger partial charge is 0.280 e. The van der Waals surface area contributed by atoms with Gasteiger partial charge in [-0.3, -0.25) is 30.2 Å². The van der Waals surface area contributed by atoms with Crippen molar-refractivity contribution in [2.45, 2.75) is 130 Å². The third-order valence-electron chi connectivity index (χ3n) is 14.3. The van der Waals surface area contributed by atoms with Gasteiger partial charge in [0.1, 0.15) is 0 Å². The zero-order valence-corrected chi connectivity index (χ0v) is 49.3. The molecule has 0 aliphatic heterocycles. The number of carbonyl (C=O) groups excluding carboxylic acids is 2. The highest BCUT2D eigenvalue weighted by Gasteiger charge is 2.21. The Morgan fingerprint density at radius 1 is 0.476 bits per heavy atom. The average Bonchev–Trinajstić information content (AvgIpc) is 3.45. The Hall–Kier alpha value is -7.38. The van der Waals surface area contributed by atoms with Gasteiger partial charge in [0, 0.05) is 13.1 Å². The molecule has 0 spiro atoms. The number of aliphatic hydroxyl groups excluding tert-OH is 2. The lowest BCUT2D eigenvalue weighted by Gasteiger charge is -2.22. The Kier molecular flexibility index (Phi) is 27.3. The second kappa shape index (κ2) is 34.2. The zero-order chi connectivity index (χ0) is 59.6. The average molecular weight is 1160 g/mol. The van der Waals surface area contributed by atoms with Gasteiger partial charge in [-0.1, -0.05) is 173 Å². The summed E-state index contributed by atoms with van der Waals surface area (Å²) >= 11 is 11.6. The number of amides is 2. The molecule has 20 heteroatoms. The lowest BCUT2D eigenvalue weighted by molar-refractivity contribution is 0.0964. The van der Waals surface area contributed by atoms with E-state index in [2.05, 4.69) is 117 Å². The Bertz CT molecular complexity index is 2770. The van der Waals surface area contributed by atoms with E-state index in [1.54, 1.807) is 0 Å². The molecule has 0 radical (unpaired) electrons. The summed E-state index contributed by atoms with van der Waals surface area (Å²) in [6.07, 6.45) is 13.3. The molecule has 0 saturated carbocycles. The van der Waals surface area contributed by atoms with E-state index in [0.717, 1.165) is 101 Å². The fourth-order valence-corrected chi connectivity index (χ4v) is 9.96. The molecule has 0 fully saturated rings. The first-order valence-electron chi connectivity index (χ1n) is 28.3. The van der Waals surface area contributed by atoms with Crippen LogP contribution in [0.4, 0.5) is 23.3 Å². The molecule has 82 heavy (non-hydrogen) atoms. The molecule has 0 aliphatic carbocycles. The topological polar surface area (TPSA) is 331 Å². The van der Waals surface area contributed by atoms with Crippen molar-refractivity contribution in [1.29, 1.82) is 0 Å². The number of halogens is 2. The van der Waals surface area contributed by atoms with E-state index in [1.807, 2.05) is 60.7 Å². The van der Waals surface area contributed by atoms with Gasteiger partial charge in [-0.05, 0) is 134 Å². The number of rotatable bonds is 28. The summed E-state index contributed by atoms with van der Waals surface area (Å²) in [4.78, 5) is 48.2. The molecular weight excluding hydrogens is 1080 g/mol. The van der Waals surface area contributed by atoms with Gasteiger partial charge in [-0.2, -0.15) is 0 Å². The molecule has 6 atom stereocenters. The van der Waals surface area contributed by atoms with E-state index in [0.29, 0.717) is 24.9 Å². The quantitative estimate of drug-likeness (QED) is 0.0124. The predicted molar refractivity (Wildman–Crippen MR) is 333 cm³/mol. The maximum Gasteiger partial charge on any atom is 0.280 e. The van der Waals surface area contributed by atoms with Crippen LogP contribution in [0.25, 0.3) is 0 Å². The first kappa shape index (κ1) is 65.4. The summed E-state index contributed by atoms with van der Waals surface area (Å²) in [5, 5.41) is 25.9. The van der Waals surface area contributed by atoms with Gasteiger partial charge in [-0.15, -0.1) is 0 Å². The van der Waals surface area contributed by atoms with Crippen LogP contribution < -0.4 is 45.0 Å². The molecule has 2 heterocycles. The molecule has 440 valence electrons. The maximum atomic E-state index is 12.3. The second-order valence-corrected chi connectivity index (χ2v) is 22.1. The van der Waals surface area contributed by atoms with Gasteiger partial charge < -0.3 is 44.6 Å². The van der Waals surface area contributed by atoms with Crippen LogP contribution >= 0.6 is 23.2 Å². The molecular formula is C62H84Cl2N14O4. The van der Waals surface area contributed by atoms with Crippen molar-refractivity contribution in [3.05, 3.63) is 164 Å². The number of aryl methyl sites for hydroxylation is 4. The van der Waals surface area contributed by atoms with Gasteiger partial charge in [0.25, 0.3) is 11.8 Å². The second-order valence-electron chi connectivity index (χ2n) is 21.4. The standard InChI is InChI=1S/2C31H42ClN7O2/c2*1-20(19-21(2)26(40)24-12-4-3-5-13-24)9-8-11-23-16-14-22(15-17-23)10-6-7-18-36-31(35)39-30(41)25-28(33)38-29(34)27(32)37-25/h2*3-5,12-17,20-21,26,40H,6-11,18-19H2,1-2H3,(H4,33,34,38)(H3,35,36,39,41)/t20-,21+,26-;20-,21-,26+/m01/s1. The predicted octanol–water partition coefficient (Wildman–Crippen LogP) is 10.2. The van der Waals surface area contributed by atoms with Gasteiger partial charge in [0.15, 0.2) is 56.9 Å². The van der Waals surface area contributed by atoms with E-state index in [-0.39, 0.29) is 68.7 Å².